The lowest BCUT2D eigenvalue weighted by atomic mass is 10.0. The van der Waals surface area contributed by atoms with Crippen LogP contribution in [-0.4, -0.2) is 49.1 Å². The third kappa shape index (κ3) is 5.59. The number of benzene rings is 1. The first-order valence-corrected chi connectivity index (χ1v) is 12.4. The number of piperidine rings is 1. The molecular weight excluding hydrogens is 504 g/mol. The lowest BCUT2D eigenvalue weighted by Gasteiger charge is -2.35. The van der Waals surface area contributed by atoms with E-state index in [4.69, 9.17) is 23.2 Å². The molecule has 0 spiro atoms. The Balaban J connectivity index is 2.06. The molecule has 0 saturated carbocycles. The van der Waals surface area contributed by atoms with Gasteiger partial charge in [0.05, 0.1) is 16.1 Å². The SMILES string of the molecule is CC(NC(=O)N(C)C1CCN(C)CC1)c1ccc(C#CSI)c(Cl)c1Cl. The Morgan fingerprint density at radius 2 is 2.04 bits per heavy atom. The number of amides is 2. The maximum Gasteiger partial charge on any atom is 0.317 e. The number of rotatable bonds is 3. The maximum absolute atomic E-state index is 12.6. The monoisotopic (exact) mass is 525 g/mol. The molecule has 1 saturated heterocycles. The Labute approximate surface area is 181 Å². The highest BCUT2D eigenvalue weighted by Crippen LogP contribution is 2.33. The molecule has 8 heteroatoms. The standard InChI is InChI=1S/C18H22Cl2IN3OS/c1-12(15-5-4-13(8-11-26-21)16(19)17(15)20)22-18(25)24(3)14-6-9-23(2)10-7-14/h4-5,12,14H,6-7,9-10H2,1-3H3,(H,22,25). The van der Waals surface area contributed by atoms with E-state index in [1.165, 1.54) is 8.93 Å². The molecule has 4 nitrogen and oxygen atoms in total. The zero-order valence-corrected chi connectivity index (χ0v) is 19.5. The topological polar surface area (TPSA) is 35.6 Å². The van der Waals surface area contributed by atoms with Gasteiger partial charge in [0, 0.05) is 39.9 Å². The second-order valence-corrected chi connectivity index (χ2v) is 8.89. The van der Waals surface area contributed by atoms with E-state index in [-0.39, 0.29) is 18.1 Å². The van der Waals surface area contributed by atoms with Gasteiger partial charge in [0.1, 0.15) is 0 Å². The van der Waals surface area contributed by atoms with Crippen molar-refractivity contribution < 1.29 is 4.79 Å². The van der Waals surface area contributed by atoms with Crippen molar-refractivity contribution in [1.29, 1.82) is 0 Å². The summed E-state index contributed by atoms with van der Waals surface area (Å²) < 4.78 is 0. The molecule has 1 aliphatic heterocycles. The molecule has 0 radical (unpaired) electrons. The highest BCUT2D eigenvalue weighted by Gasteiger charge is 2.25. The molecule has 26 heavy (non-hydrogen) atoms. The lowest BCUT2D eigenvalue weighted by Crippen LogP contribution is -2.48. The van der Waals surface area contributed by atoms with Crippen LogP contribution in [0.15, 0.2) is 12.1 Å². The summed E-state index contributed by atoms with van der Waals surface area (Å²) in [6.07, 6.45) is 1.98. The summed E-state index contributed by atoms with van der Waals surface area (Å²) in [6, 6.07) is 3.64. The summed E-state index contributed by atoms with van der Waals surface area (Å²) in [5.74, 6) is 2.96. The second kappa shape index (κ2) is 10.3. The van der Waals surface area contributed by atoms with Crippen molar-refractivity contribution in [3.8, 4) is 11.2 Å². The van der Waals surface area contributed by atoms with Gasteiger partial charge in [-0.1, -0.05) is 35.2 Å². The number of nitrogens with zero attached hydrogens (tertiary/aromatic N) is 2. The molecule has 1 aromatic carbocycles. The summed E-state index contributed by atoms with van der Waals surface area (Å²) in [7, 11) is 5.35. The van der Waals surface area contributed by atoms with Gasteiger partial charge in [-0.05, 0) is 65.7 Å². The van der Waals surface area contributed by atoms with Crippen LogP contribution in [0.4, 0.5) is 4.79 Å². The number of carbonyl (C=O) groups is 1. The minimum absolute atomic E-state index is 0.0931. The van der Waals surface area contributed by atoms with Gasteiger partial charge in [-0.15, -0.1) is 0 Å². The normalized spacial score (nSPS) is 16.5. The third-order valence-electron chi connectivity index (χ3n) is 4.70. The van der Waals surface area contributed by atoms with Crippen LogP contribution in [0, 0.1) is 11.2 Å². The Morgan fingerprint density at radius 1 is 1.38 bits per heavy atom. The van der Waals surface area contributed by atoms with E-state index >= 15 is 0 Å². The molecule has 0 bridgehead atoms. The van der Waals surface area contributed by atoms with Gasteiger partial charge in [0.25, 0.3) is 0 Å². The number of carbonyl (C=O) groups excluding carboxylic acids is 1. The van der Waals surface area contributed by atoms with E-state index in [1.54, 1.807) is 4.90 Å². The van der Waals surface area contributed by atoms with Gasteiger partial charge in [-0.3, -0.25) is 0 Å². The summed E-state index contributed by atoms with van der Waals surface area (Å²) in [4.78, 5) is 16.7. The first-order valence-electron chi connectivity index (χ1n) is 8.33. The van der Waals surface area contributed by atoms with Crippen molar-refractivity contribution >= 4 is 59.4 Å². The average molecular weight is 526 g/mol. The highest BCUT2D eigenvalue weighted by atomic mass is 127. The maximum atomic E-state index is 12.6. The summed E-state index contributed by atoms with van der Waals surface area (Å²) in [6.45, 7) is 3.93. The molecule has 0 aromatic heterocycles. The lowest BCUT2D eigenvalue weighted by molar-refractivity contribution is 0.146. The van der Waals surface area contributed by atoms with E-state index in [0.29, 0.717) is 15.6 Å². The average Bonchev–Trinajstić information content (AvgIpc) is 2.62. The first-order chi connectivity index (χ1) is 12.3. The smallest absolute Gasteiger partial charge is 0.317 e. The predicted molar refractivity (Wildman–Crippen MR) is 120 cm³/mol. The quantitative estimate of drug-likeness (QED) is 0.436. The van der Waals surface area contributed by atoms with Gasteiger partial charge in [-0.2, -0.15) is 0 Å². The van der Waals surface area contributed by atoms with Crippen molar-refractivity contribution in [1.82, 2.24) is 15.1 Å². The minimum Gasteiger partial charge on any atom is -0.331 e. The molecule has 1 fully saturated rings. The van der Waals surface area contributed by atoms with E-state index in [0.717, 1.165) is 31.5 Å². The number of hydrogen-bond donors (Lipinski definition) is 1. The van der Waals surface area contributed by atoms with Crippen LogP contribution in [0.25, 0.3) is 0 Å². The summed E-state index contributed by atoms with van der Waals surface area (Å²) >= 11 is 14.9. The van der Waals surface area contributed by atoms with Gasteiger partial charge < -0.3 is 15.1 Å². The third-order valence-corrected chi connectivity index (χ3v) is 6.44. The Morgan fingerprint density at radius 3 is 2.65 bits per heavy atom. The Hall–Kier alpha value is -0.330. The van der Waals surface area contributed by atoms with Crippen LogP contribution in [0.1, 0.15) is 36.9 Å². The van der Waals surface area contributed by atoms with Crippen molar-refractivity contribution in [2.24, 2.45) is 0 Å². The zero-order chi connectivity index (χ0) is 19.3. The second-order valence-electron chi connectivity index (χ2n) is 6.45. The fraction of sp³-hybridized carbons (Fsp3) is 0.500. The number of urea groups is 1. The van der Waals surface area contributed by atoms with Gasteiger partial charge in [0.2, 0.25) is 0 Å². The van der Waals surface area contributed by atoms with E-state index < -0.39 is 0 Å². The molecule has 2 amide bonds. The molecular formula is C18H22Cl2IN3OS. The molecule has 2 rings (SSSR count). The van der Waals surface area contributed by atoms with Crippen LogP contribution in [0.3, 0.4) is 0 Å². The Kier molecular flexibility index (Phi) is 8.68. The fourth-order valence-electron chi connectivity index (χ4n) is 2.98. The zero-order valence-electron chi connectivity index (χ0n) is 15.0. The molecule has 1 unspecified atom stereocenters. The van der Waals surface area contributed by atoms with E-state index in [1.807, 2.05) is 26.1 Å². The van der Waals surface area contributed by atoms with E-state index in [2.05, 4.69) is 49.6 Å². The van der Waals surface area contributed by atoms with Gasteiger partial charge >= 0.3 is 6.03 Å². The first kappa shape index (κ1) is 22.0. The van der Waals surface area contributed by atoms with Crippen LogP contribution in [0.2, 0.25) is 10.0 Å². The van der Waals surface area contributed by atoms with Crippen molar-refractivity contribution in [2.75, 3.05) is 27.2 Å². The van der Waals surface area contributed by atoms with Crippen molar-refractivity contribution in [2.45, 2.75) is 31.8 Å². The van der Waals surface area contributed by atoms with Crippen LogP contribution in [-0.2, 0) is 0 Å². The van der Waals surface area contributed by atoms with Gasteiger partial charge in [-0.25, -0.2) is 4.79 Å². The number of halogens is 3. The molecule has 1 aliphatic rings. The molecule has 1 heterocycles. The minimum atomic E-state index is -0.248. The number of hydrogen-bond acceptors (Lipinski definition) is 3. The van der Waals surface area contributed by atoms with Gasteiger partial charge in [0.15, 0.2) is 0 Å². The number of nitrogens with one attached hydrogen (secondary N) is 1. The largest absolute Gasteiger partial charge is 0.331 e. The summed E-state index contributed by atoms with van der Waals surface area (Å²) in [5.41, 5.74) is 1.47. The van der Waals surface area contributed by atoms with Crippen LogP contribution < -0.4 is 5.32 Å². The van der Waals surface area contributed by atoms with E-state index in [9.17, 15) is 4.79 Å². The molecule has 142 valence electrons. The fourth-order valence-corrected chi connectivity index (χ4v) is 4.01. The molecule has 1 atom stereocenters. The van der Waals surface area contributed by atoms with Crippen LogP contribution >= 0.6 is 53.3 Å². The summed E-state index contributed by atoms with van der Waals surface area (Å²) in [5, 5.41) is 6.78. The molecule has 1 aromatic rings. The molecule has 1 N–H and O–H groups in total. The van der Waals surface area contributed by atoms with Crippen molar-refractivity contribution in [3.05, 3.63) is 33.3 Å². The Bertz CT molecular complexity index is 714. The highest BCUT2D eigenvalue weighted by molar-refractivity contribution is 14.2. The van der Waals surface area contributed by atoms with Crippen molar-refractivity contribution in [3.63, 3.8) is 0 Å². The number of likely N-dealkylation sites (tertiary alicyclic amines) is 1. The van der Waals surface area contributed by atoms with Crippen LogP contribution in [0.5, 0.6) is 0 Å². The molecule has 0 aliphatic carbocycles. The predicted octanol–water partition coefficient (Wildman–Crippen LogP) is 5.18.